The highest BCUT2D eigenvalue weighted by Gasteiger charge is 2.28. The summed E-state index contributed by atoms with van der Waals surface area (Å²) in [5, 5.41) is 6.84. The van der Waals surface area contributed by atoms with Crippen LogP contribution in [0.5, 0.6) is 0 Å². The molecule has 0 unspecified atom stereocenters. The summed E-state index contributed by atoms with van der Waals surface area (Å²) < 4.78 is 0. The Morgan fingerprint density at radius 1 is 1.00 bits per heavy atom. The molecule has 0 bridgehead atoms. The second kappa shape index (κ2) is 4.39. The molecule has 0 spiro atoms. The third kappa shape index (κ3) is 1.95. The van der Waals surface area contributed by atoms with E-state index in [1.165, 1.54) is 0 Å². The number of hydrogen-bond acceptors (Lipinski definition) is 2. The van der Waals surface area contributed by atoms with E-state index in [1.807, 2.05) is 42.5 Å². The first-order chi connectivity index (χ1) is 8.74. The molecule has 2 aromatic rings. The summed E-state index contributed by atoms with van der Waals surface area (Å²) in [6.45, 7) is -0.244. The van der Waals surface area contributed by atoms with Gasteiger partial charge in [0.2, 0.25) is 5.91 Å². The summed E-state index contributed by atoms with van der Waals surface area (Å²) in [5.41, 5.74) is 2.44. The Hall–Kier alpha value is -1.94. The molecule has 88 valence electrons. The molecule has 18 heavy (non-hydrogen) atoms. The number of carbonyl (C=O) groups is 1. The number of para-hydroxylation sites is 1. The van der Waals surface area contributed by atoms with Crippen molar-refractivity contribution in [2.45, 2.75) is 0 Å². The second-order valence-corrected chi connectivity index (χ2v) is 4.59. The normalized spacial score (nSPS) is 13.6. The largest absolute Gasteiger partial charge is 0.408 e. The Bertz CT molecular complexity index is 617. The van der Waals surface area contributed by atoms with Crippen molar-refractivity contribution in [3.8, 4) is 0 Å². The SMILES string of the molecule is O=C1NB(c2cccc(Cl)c2)Nc2ccccc21. The first kappa shape index (κ1) is 11.2. The molecule has 0 fully saturated rings. The van der Waals surface area contributed by atoms with E-state index in [0.717, 1.165) is 11.2 Å². The van der Waals surface area contributed by atoms with E-state index in [9.17, 15) is 4.79 Å². The Morgan fingerprint density at radius 2 is 1.83 bits per heavy atom. The summed E-state index contributed by atoms with van der Waals surface area (Å²) >= 11 is 5.96. The zero-order chi connectivity index (χ0) is 12.5. The van der Waals surface area contributed by atoms with Gasteiger partial charge in [-0.1, -0.05) is 35.9 Å². The number of fused-ring (bicyclic) bond motifs is 1. The van der Waals surface area contributed by atoms with E-state index in [4.69, 9.17) is 11.6 Å². The quantitative estimate of drug-likeness (QED) is 0.765. The number of anilines is 1. The van der Waals surface area contributed by atoms with Crippen molar-refractivity contribution >= 4 is 35.6 Å². The minimum absolute atomic E-state index is 0.0747. The van der Waals surface area contributed by atoms with Crippen LogP contribution in [0.2, 0.25) is 5.02 Å². The molecule has 0 radical (unpaired) electrons. The molecule has 0 saturated carbocycles. The standard InChI is InChI=1S/C13H10BClN2O/c15-10-5-3-4-9(8-10)14-16-12-7-2-1-6-11(12)13(18)17-14/h1-8,16H,(H,17,18). The third-order valence-electron chi connectivity index (χ3n) is 2.93. The van der Waals surface area contributed by atoms with Crippen LogP contribution in [-0.2, 0) is 0 Å². The van der Waals surface area contributed by atoms with Gasteiger partial charge in [0.1, 0.15) is 0 Å². The van der Waals surface area contributed by atoms with Crippen LogP contribution in [0.4, 0.5) is 5.69 Å². The molecule has 1 aliphatic heterocycles. The van der Waals surface area contributed by atoms with E-state index in [1.54, 1.807) is 6.07 Å². The van der Waals surface area contributed by atoms with Gasteiger partial charge in [-0.3, -0.25) is 4.79 Å². The van der Waals surface area contributed by atoms with Gasteiger partial charge >= 0.3 is 6.98 Å². The van der Waals surface area contributed by atoms with E-state index in [-0.39, 0.29) is 12.9 Å². The monoisotopic (exact) mass is 256 g/mol. The highest BCUT2D eigenvalue weighted by molar-refractivity contribution is 6.77. The molecule has 1 aliphatic rings. The fourth-order valence-electron chi connectivity index (χ4n) is 2.06. The molecular formula is C13H10BClN2O. The molecule has 5 heteroatoms. The fourth-order valence-corrected chi connectivity index (χ4v) is 2.26. The van der Waals surface area contributed by atoms with Crippen LogP contribution in [-0.4, -0.2) is 12.9 Å². The van der Waals surface area contributed by atoms with Gasteiger partial charge in [-0.25, -0.2) is 0 Å². The van der Waals surface area contributed by atoms with Crippen molar-refractivity contribution < 1.29 is 4.79 Å². The molecule has 3 nitrogen and oxygen atoms in total. The lowest BCUT2D eigenvalue weighted by Gasteiger charge is -2.24. The number of rotatable bonds is 1. The smallest absolute Gasteiger partial charge is 0.405 e. The highest BCUT2D eigenvalue weighted by atomic mass is 35.5. The fraction of sp³-hybridized carbons (Fsp3) is 0. The predicted molar refractivity (Wildman–Crippen MR) is 74.4 cm³/mol. The summed E-state index contributed by atoms with van der Waals surface area (Å²) in [5.74, 6) is -0.0747. The maximum Gasteiger partial charge on any atom is 0.408 e. The highest BCUT2D eigenvalue weighted by Crippen LogP contribution is 2.18. The average Bonchev–Trinajstić information content (AvgIpc) is 2.39. The van der Waals surface area contributed by atoms with Crippen LogP contribution < -0.4 is 15.9 Å². The average molecular weight is 257 g/mol. The van der Waals surface area contributed by atoms with Crippen molar-refractivity contribution in [1.82, 2.24) is 5.23 Å². The molecule has 0 aliphatic carbocycles. The predicted octanol–water partition coefficient (Wildman–Crippen LogP) is 1.89. The van der Waals surface area contributed by atoms with Gasteiger partial charge in [0, 0.05) is 10.7 Å². The number of hydrogen-bond donors (Lipinski definition) is 2. The topological polar surface area (TPSA) is 41.1 Å². The third-order valence-corrected chi connectivity index (χ3v) is 3.16. The van der Waals surface area contributed by atoms with Crippen molar-refractivity contribution in [2.24, 2.45) is 0 Å². The van der Waals surface area contributed by atoms with Crippen molar-refractivity contribution in [3.63, 3.8) is 0 Å². The lowest BCUT2D eigenvalue weighted by molar-refractivity contribution is 0.0979. The molecule has 0 aromatic heterocycles. The number of benzene rings is 2. The summed E-state index contributed by atoms with van der Waals surface area (Å²) in [6.07, 6.45) is 0. The van der Waals surface area contributed by atoms with E-state index in [0.29, 0.717) is 10.6 Å². The first-order valence-corrected chi connectivity index (χ1v) is 6.04. The second-order valence-electron chi connectivity index (χ2n) is 4.15. The number of halogens is 1. The number of amides is 1. The molecule has 1 heterocycles. The van der Waals surface area contributed by atoms with Crippen molar-refractivity contribution in [2.75, 3.05) is 5.23 Å². The van der Waals surface area contributed by atoms with E-state index < -0.39 is 0 Å². The Labute approximate surface area is 110 Å². The summed E-state index contributed by atoms with van der Waals surface area (Å²) in [4.78, 5) is 12.0. The molecule has 2 aromatic carbocycles. The van der Waals surface area contributed by atoms with Gasteiger partial charge < -0.3 is 10.5 Å². The number of carbonyl (C=O) groups excluding carboxylic acids is 1. The zero-order valence-corrected chi connectivity index (χ0v) is 10.2. The van der Waals surface area contributed by atoms with E-state index in [2.05, 4.69) is 10.5 Å². The lowest BCUT2D eigenvalue weighted by Crippen LogP contribution is -2.56. The summed E-state index contributed by atoms with van der Waals surface area (Å²) in [6, 6.07) is 14.9. The van der Waals surface area contributed by atoms with Crippen LogP contribution in [0.1, 0.15) is 10.4 Å². The Morgan fingerprint density at radius 3 is 2.67 bits per heavy atom. The van der Waals surface area contributed by atoms with Crippen LogP contribution in [0.25, 0.3) is 0 Å². The van der Waals surface area contributed by atoms with Gasteiger partial charge in [-0.2, -0.15) is 0 Å². The molecule has 0 saturated heterocycles. The molecule has 1 amide bonds. The van der Waals surface area contributed by atoms with Gasteiger partial charge in [0.25, 0.3) is 0 Å². The van der Waals surface area contributed by atoms with Crippen molar-refractivity contribution in [3.05, 3.63) is 59.1 Å². The van der Waals surface area contributed by atoms with Crippen LogP contribution in [0.15, 0.2) is 48.5 Å². The maximum atomic E-state index is 12.0. The minimum Gasteiger partial charge on any atom is -0.405 e. The summed E-state index contributed by atoms with van der Waals surface area (Å²) in [7, 11) is 0. The van der Waals surface area contributed by atoms with E-state index >= 15 is 0 Å². The molecule has 0 atom stereocenters. The maximum absolute atomic E-state index is 12.0. The Balaban J connectivity index is 1.97. The van der Waals surface area contributed by atoms with Crippen LogP contribution >= 0.6 is 11.6 Å². The first-order valence-electron chi connectivity index (χ1n) is 5.66. The molecule has 2 N–H and O–H groups in total. The van der Waals surface area contributed by atoms with Crippen LogP contribution in [0.3, 0.4) is 0 Å². The van der Waals surface area contributed by atoms with Gasteiger partial charge in [0.05, 0.1) is 5.56 Å². The van der Waals surface area contributed by atoms with Gasteiger partial charge in [-0.15, -0.1) is 0 Å². The van der Waals surface area contributed by atoms with Gasteiger partial charge in [0.15, 0.2) is 0 Å². The molecule has 3 rings (SSSR count). The minimum atomic E-state index is -0.244. The molecular weight excluding hydrogens is 246 g/mol. The zero-order valence-electron chi connectivity index (χ0n) is 9.48. The van der Waals surface area contributed by atoms with Gasteiger partial charge in [-0.05, 0) is 29.7 Å². The van der Waals surface area contributed by atoms with Crippen molar-refractivity contribution in [1.29, 1.82) is 0 Å². The lowest BCUT2D eigenvalue weighted by atomic mass is 9.66. The van der Waals surface area contributed by atoms with Crippen LogP contribution in [0, 0.1) is 0 Å². The Kier molecular flexibility index (Phi) is 2.72. The number of nitrogens with one attached hydrogen (secondary N) is 2.